The first-order valence-electron chi connectivity index (χ1n) is 5.73. The molecule has 3 N–H and O–H groups in total. The second kappa shape index (κ2) is 8.89. The van der Waals surface area contributed by atoms with E-state index in [-0.39, 0.29) is 23.4 Å². The molecule has 4 nitrogen and oxygen atoms in total. The van der Waals surface area contributed by atoms with Crippen LogP contribution >= 0.6 is 28.3 Å². The van der Waals surface area contributed by atoms with Gasteiger partial charge in [-0.1, -0.05) is 6.42 Å². The molecule has 0 fully saturated rings. The summed E-state index contributed by atoms with van der Waals surface area (Å²) in [6, 6.07) is 1.44. The SMILES string of the molecule is Cl.NCCCCCNS(=O)(=O)c1cc(Br)c(F)cc1F. The smallest absolute Gasteiger partial charge is 0.243 e. The molecule has 1 aromatic rings. The first-order valence-corrected chi connectivity index (χ1v) is 8.00. The highest BCUT2D eigenvalue weighted by molar-refractivity contribution is 9.10. The predicted molar refractivity (Wildman–Crippen MR) is 79.4 cm³/mol. The Morgan fingerprint density at radius 3 is 2.40 bits per heavy atom. The monoisotopic (exact) mass is 392 g/mol. The van der Waals surface area contributed by atoms with E-state index in [0.29, 0.717) is 19.0 Å². The third kappa shape index (κ3) is 5.61. The molecule has 0 aliphatic heterocycles. The molecule has 0 amide bonds. The zero-order chi connectivity index (χ0) is 14.5. The van der Waals surface area contributed by atoms with Crippen LogP contribution in [0.3, 0.4) is 0 Å². The normalized spacial score (nSPS) is 11.2. The lowest BCUT2D eigenvalue weighted by atomic mass is 10.2. The summed E-state index contributed by atoms with van der Waals surface area (Å²) in [5.41, 5.74) is 5.31. The fourth-order valence-corrected chi connectivity index (χ4v) is 3.09. The molecule has 0 atom stereocenters. The average Bonchev–Trinajstić information content (AvgIpc) is 2.33. The van der Waals surface area contributed by atoms with E-state index in [9.17, 15) is 17.2 Å². The van der Waals surface area contributed by atoms with Crippen LogP contribution in [-0.4, -0.2) is 21.5 Å². The number of hydrogen-bond donors (Lipinski definition) is 2. The van der Waals surface area contributed by atoms with Gasteiger partial charge in [0.1, 0.15) is 16.5 Å². The molecule has 116 valence electrons. The Hall–Kier alpha value is -0.280. The highest BCUT2D eigenvalue weighted by Crippen LogP contribution is 2.23. The van der Waals surface area contributed by atoms with Crippen LogP contribution in [0.15, 0.2) is 21.5 Å². The van der Waals surface area contributed by atoms with Crippen molar-refractivity contribution in [3.63, 3.8) is 0 Å². The maximum absolute atomic E-state index is 13.5. The van der Waals surface area contributed by atoms with E-state index >= 15 is 0 Å². The molecule has 0 aliphatic rings. The number of unbranched alkanes of at least 4 members (excludes halogenated alkanes) is 2. The highest BCUT2D eigenvalue weighted by atomic mass is 79.9. The molecule has 0 unspecified atom stereocenters. The summed E-state index contributed by atoms with van der Waals surface area (Å²) in [5, 5.41) is 0. The fourth-order valence-electron chi connectivity index (χ4n) is 1.44. The molecular formula is C11H16BrClF2N2O2S. The van der Waals surface area contributed by atoms with E-state index in [1.165, 1.54) is 0 Å². The number of nitrogens with two attached hydrogens (primary N) is 1. The van der Waals surface area contributed by atoms with Crippen molar-refractivity contribution in [2.24, 2.45) is 5.73 Å². The molecule has 20 heavy (non-hydrogen) atoms. The van der Waals surface area contributed by atoms with Crippen LogP contribution < -0.4 is 10.5 Å². The van der Waals surface area contributed by atoms with Crippen LogP contribution in [0.5, 0.6) is 0 Å². The molecule has 0 aromatic heterocycles. The molecule has 0 heterocycles. The first kappa shape index (κ1) is 19.7. The van der Waals surface area contributed by atoms with Crippen molar-refractivity contribution in [3.8, 4) is 0 Å². The molecule has 0 saturated carbocycles. The second-order valence-corrected chi connectivity index (χ2v) is 6.53. The van der Waals surface area contributed by atoms with Gasteiger partial charge in [-0.3, -0.25) is 0 Å². The highest BCUT2D eigenvalue weighted by Gasteiger charge is 2.20. The number of rotatable bonds is 7. The summed E-state index contributed by atoms with van der Waals surface area (Å²) in [4.78, 5) is -0.570. The van der Waals surface area contributed by atoms with Crippen LogP contribution in [0.4, 0.5) is 8.78 Å². The van der Waals surface area contributed by atoms with Crippen LogP contribution in [0.25, 0.3) is 0 Å². The van der Waals surface area contributed by atoms with E-state index in [0.717, 1.165) is 18.9 Å². The van der Waals surface area contributed by atoms with Crippen molar-refractivity contribution in [1.29, 1.82) is 0 Å². The number of hydrogen-bond acceptors (Lipinski definition) is 3. The van der Waals surface area contributed by atoms with Gasteiger partial charge in [-0.25, -0.2) is 21.9 Å². The summed E-state index contributed by atoms with van der Waals surface area (Å²) in [6.45, 7) is 0.739. The average molecular weight is 394 g/mol. The van der Waals surface area contributed by atoms with Crippen molar-refractivity contribution in [2.45, 2.75) is 24.2 Å². The number of benzene rings is 1. The minimum absolute atomic E-state index is 0. The van der Waals surface area contributed by atoms with E-state index in [2.05, 4.69) is 20.7 Å². The summed E-state index contributed by atoms with van der Waals surface area (Å²) in [7, 11) is -3.97. The predicted octanol–water partition coefficient (Wildman–Crippen LogP) is 2.56. The Morgan fingerprint density at radius 2 is 1.80 bits per heavy atom. The molecule has 0 saturated heterocycles. The van der Waals surface area contributed by atoms with E-state index in [1.54, 1.807) is 0 Å². The van der Waals surface area contributed by atoms with Crippen LogP contribution in [0.2, 0.25) is 0 Å². The Bertz CT molecular complexity index is 543. The van der Waals surface area contributed by atoms with Crippen molar-refractivity contribution in [2.75, 3.05) is 13.1 Å². The van der Waals surface area contributed by atoms with Crippen molar-refractivity contribution in [1.82, 2.24) is 4.72 Å². The standard InChI is InChI=1S/C11H15BrF2N2O2S.ClH/c12-8-6-11(10(14)7-9(8)13)19(17,18)16-5-3-1-2-4-15;/h6-7,16H,1-5,15H2;1H. The Morgan fingerprint density at radius 1 is 1.15 bits per heavy atom. The number of sulfonamides is 1. The van der Waals surface area contributed by atoms with Crippen molar-refractivity contribution < 1.29 is 17.2 Å². The summed E-state index contributed by atoms with van der Waals surface area (Å²) >= 11 is 2.83. The van der Waals surface area contributed by atoms with Gasteiger partial charge in [0.05, 0.1) is 4.47 Å². The van der Waals surface area contributed by atoms with Crippen molar-refractivity contribution >= 4 is 38.4 Å². The Labute approximate surface area is 131 Å². The molecule has 0 spiro atoms. The molecular weight excluding hydrogens is 378 g/mol. The molecule has 1 rings (SSSR count). The molecule has 9 heteroatoms. The number of halogens is 4. The molecule has 0 radical (unpaired) electrons. The van der Waals surface area contributed by atoms with Crippen molar-refractivity contribution in [3.05, 3.63) is 28.2 Å². The van der Waals surface area contributed by atoms with Gasteiger partial charge in [0.15, 0.2) is 0 Å². The van der Waals surface area contributed by atoms with E-state index < -0.39 is 26.6 Å². The third-order valence-electron chi connectivity index (χ3n) is 2.44. The zero-order valence-corrected chi connectivity index (χ0v) is 13.8. The van der Waals surface area contributed by atoms with Crippen LogP contribution in [-0.2, 0) is 10.0 Å². The van der Waals surface area contributed by atoms with Crippen LogP contribution in [0, 0.1) is 11.6 Å². The fraction of sp³-hybridized carbons (Fsp3) is 0.455. The molecule has 0 bridgehead atoms. The topological polar surface area (TPSA) is 72.2 Å². The van der Waals surface area contributed by atoms with E-state index in [4.69, 9.17) is 5.73 Å². The van der Waals surface area contributed by atoms with Gasteiger partial charge < -0.3 is 5.73 Å². The Kier molecular flexibility index (Phi) is 8.76. The largest absolute Gasteiger partial charge is 0.330 e. The quantitative estimate of drug-likeness (QED) is 0.552. The lowest BCUT2D eigenvalue weighted by molar-refractivity contribution is 0.539. The van der Waals surface area contributed by atoms with Gasteiger partial charge in [-0.05, 0) is 41.4 Å². The third-order valence-corrected chi connectivity index (χ3v) is 4.52. The maximum atomic E-state index is 13.5. The summed E-state index contributed by atoms with van der Waals surface area (Å²) < 4.78 is 52.3. The lowest BCUT2D eigenvalue weighted by Gasteiger charge is -2.08. The van der Waals surface area contributed by atoms with Gasteiger partial charge >= 0.3 is 0 Å². The van der Waals surface area contributed by atoms with Gasteiger partial charge in [-0.2, -0.15) is 0 Å². The Balaban J connectivity index is 0.00000361. The molecule has 1 aromatic carbocycles. The summed E-state index contributed by atoms with van der Waals surface area (Å²) in [6.07, 6.45) is 2.20. The first-order chi connectivity index (χ1) is 8.88. The lowest BCUT2D eigenvalue weighted by Crippen LogP contribution is -2.26. The zero-order valence-electron chi connectivity index (χ0n) is 10.5. The van der Waals surface area contributed by atoms with Crippen LogP contribution in [0.1, 0.15) is 19.3 Å². The van der Waals surface area contributed by atoms with Gasteiger partial charge in [-0.15, -0.1) is 12.4 Å². The second-order valence-electron chi connectivity index (χ2n) is 3.94. The van der Waals surface area contributed by atoms with Gasteiger partial charge in [0.25, 0.3) is 0 Å². The van der Waals surface area contributed by atoms with Gasteiger partial charge in [0, 0.05) is 12.6 Å². The molecule has 0 aliphatic carbocycles. The minimum atomic E-state index is -3.97. The maximum Gasteiger partial charge on any atom is 0.243 e. The minimum Gasteiger partial charge on any atom is -0.330 e. The summed E-state index contributed by atoms with van der Waals surface area (Å²) in [5.74, 6) is -1.96. The van der Waals surface area contributed by atoms with Gasteiger partial charge in [0.2, 0.25) is 10.0 Å². The number of nitrogens with one attached hydrogen (secondary N) is 1. The van der Waals surface area contributed by atoms with E-state index in [1.807, 2.05) is 0 Å².